The molecule has 1 heterocycles. The highest BCUT2D eigenvalue weighted by atomic mass is 19.4. The van der Waals surface area contributed by atoms with Crippen LogP contribution in [0.4, 0.5) is 24.8 Å². The first-order chi connectivity index (χ1) is 17.3. The molecule has 3 N–H and O–H groups in total. The Balaban J connectivity index is 1.55. The van der Waals surface area contributed by atoms with Crippen molar-refractivity contribution in [2.45, 2.75) is 31.5 Å². The number of methoxy groups -OCH3 is 1. The normalized spacial score (nSPS) is 13.2. The summed E-state index contributed by atoms with van der Waals surface area (Å²) >= 11 is 0. The fraction of sp³-hybridized carbons (Fsp3) is 0.320. The Morgan fingerprint density at radius 1 is 1.17 bits per heavy atom. The lowest BCUT2D eigenvalue weighted by molar-refractivity contribution is -0.139. The van der Waals surface area contributed by atoms with Crippen LogP contribution >= 0.6 is 0 Å². The third-order valence-electron chi connectivity index (χ3n) is 5.68. The number of carbonyl (C=O) groups is 1. The van der Waals surface area contributed by atoms with Gasteiger partial charge in [-0.15, -0.1) is 0 Å². The molecular weight excluding hydrogens is 477 g/mol. The van der Waals surface area contributed by atoms with Gasteiger partial charge in [0.05, 0.1) is 12.8 Å². The van der Waals surface area contributed by atoms with Crippen molar-refractivity contribution < 1.29 is 32.5 Å². The Labute approximate surface area is 205 Å². The molecule has 0 saturated heterocycles. The number of benzene rings is 2. The van der Waals surface area contributed by atoms with Crippen molar-refractivity contribution in [2.24, 2.45) is 0 Å². The van der Waals surface area contributed by atoms with Crippen molar-refractivity contribution >= 4 is 17.5 Å². The molecule has 0 unspecified atom stereocenters. The summed E-state index contributed by atoms with van der Waals surface area (Å²) < 4.78 is 52.0. The van der Waals surface area contributed by atoms with Crippen molar-refractivity contribution in [2.75, 3.05) is 25.6 Å². The monoisotopic (exact) mass is 502 g/mol. The predicted octanol–water partition coefficient (Wildman–Crippen LogP) is 3.91. The van der Waals surface area contributed by atoms with Crippen molar-refractivity contribution in [3.05, 3.63) is 70.9 Å². The number of amides is 1. The van der Waals surface area contributed by atoms with E-state index in [4.69, 9.17) is 14.6 Å². The van der Waals surface area contributed by atoms with Crippen LogP contribution in [0.2, 0.25) is 0 Å². The number of carbonyl (C=O) groups excluding carboxylic acids is 1. The molecular formula is C25H25F3N4O4. The maximum absolute atomic E-state index is 13.6. The van der Waals surface area contributed by atoms with Crippen LogP contribution in [0.15, 0.2) is 48.7 Å². The number of alkyl halides is 3. The molecule has 1 aliphatic carbocycles. The topological polar surface area (TPSA) is 106 Å². The van der Waals surface area contributed by atoms with E-state index in [0.717, 1.165) is 11.1 Å². The SMILES string of the molecule is COc1cc(C(=O)NCCCO)ccc1Nc1ncc(C(F)(F)F)c(OC2Cc3ccccc3C2)n1. The predicted molar refractivity (Wildman–Crippen MR) is 126 cm³/mol. The lowest BCUT2D eigenvalue weighted by atomic mass is 10.1. The number of nitrogens with one attached hydrogen (secondary N) is 2. The van der Waals surface area contributed by atoms with Crippen LogP contribution in [0.3, 0.4) is 0 Å². The molecule has 0 atom stereocenters. The second-order valence-electron chi connectivity index (χ2n) is 8.20. The first-order valence-corrected chi connectivity index (χ1v) is 11.3. The van der Waals surface area contributed by atoms with Crippen LogP contribution in [0.1, 0.15) is 33.5 Å². The molecule has 1 aromatic heterocycles. The molecule has 0 saturated carbocycles. The summed E-state index contributed by atoms with van der Waals surface area (Å²) in [6.45, 7) is 0.269. The number of ether oxygens (including phenoxy) is 2. The Kier molecular flexibility index (Phi) is 7.58. The minimum absolute atomic E-state index is 0.0427. The van der Waals surface area contributed by atoms with E-state index in [2.05, 4.69) is 20.6 Å². The third kappa shape index (κ3) is 5.85. The molecule has 0 radical (unpaired) electrons. The van der Waals surface area contributed by atoms with E-state index in [1.165, 1.54) is 25.3 Å². The van der Waals surface area contributed by atoms with Gasteiger partial charge in [0.1, 0.15) is 17.4 Å². The minimum atomic E-state index is -4.69. The number of hydrogen-bond donors (Lipinski definition) is 3. The molecule has 190 valence electrons. The molecule has 8 nitrogen and oxygen atoms in total. The quantitative estimate of drug-likeness (QED) is 0.381. The minimum Gasteiger partial charge on any atom is -0.495 e. The highest BCUT2D eigenvalue weighted by Gasteiger charge is 2.37. The van der Waals surface area contributed by atoms with Gasteiger partial charge in [-0.3, -0.25) is 4.79 Å². The highest BCUT2D eigenvalue weighted by molar-refractivity contribution is 5.95. The van der Waals surface area contributed by atoms with Gasteiger partial charge < -0.3 is 25.2 Å². The van der Waals surface area contributed by atoms with Crippen molar-refractivity contribution in [3.63, 3.8) is 0 Å². The number of aromatic nitrogens is 2. The van der Waals surface area contributed by atoms with E-state index in [1.807, 2.05) is 24.3 Å². The molecule has 2 aromatic carbocycles. The molecule has 0 aliphatic heterocycles. The van der Waals surface area contributed by atoms with Gasteiger partial charge in [0.25, 0.3) is 5.91 Å². The number of nitrogens with zero attached hydrogens (tertiary/aromatic N) is 2. The van der Waals surface area contributed by atoms with E-state index in [1.54, 1.807) is 0 Å². The maximum atomic E-state index is 13.6. The first kappa shape index (κ1) is 25.2. The van der Waals surface area contributed by atoms with Crippen LogP contribution in [0.5, 0.6) is 11.6 Å². The van der Waals surface area contributed by atoms with Gasteiger partial charge in [-0.2, -0.15) is 18.2 Å². The summed E-state index contributed by atoms with van der Waals surface area (Å²) in [5.74, 6) is -0.766. The Bertz CT molecular complexity index is 1210. The van der Waals surface area contributed by atoms with Gasteiger partial charge >= 0.3 is 6.18 Å². The summed E-state index contributed by atoms with van der Waals surface area (Å²) in [4.78, 5) is 20.1. The molecule has 0 fully saturated rings. The van der Waals surface area contributed by atoms with Crippen LogP contribution in [-0.2, 0) is 19.0 Å². The zero-order valence-corrected chi connectivity index (χ0v) is 19.4. The maximum Gasteiger partial charge on any atom is 0.423 e. The van der Waals surface area contributed by atoms with Gasteiger partial charge in [0.2, 0.25) is 11.8 Å². The fourth-order valence-electron chi connectivity index (χ4n) is 3.91. The summed E-state index contributed by atoms with van der Waals surface area (Å²) in [5.41, 5.74) is 1.67. The smallest absolute Gasteiger partial charge is 0.423 e. The average Bonchev–Trinajstić information content (AvgIpc) is 3.26. The first-order valence-electron chi connectivity index (χ1n) is 11.3. The van der Waals surface area contributed by atoms with Crippen LogP contribution in [0.25, 0.3) is 0 Å². The van der Waals surface area contributed by atoms with Gasteiger partial charge in [-0.25, -0.2) is 4.98 Å². The Morgan fingerprint density at radius 2 is 1.89 bits per heavy atom. The lowest BCUT2D eigenvalue weighted by Gasteiger charge is -2.18. The average molecular weight is 502 g/mol. The standard InChI is InChI=1S/C25H25F3N4O4/c1-35-21-13-17(22(34)29-9-4-10-33)7-8-20(21)31-24-30-14-19(25(26,27)28)23(32-24)36-18-11-15-5-2-3-6-16(15)12-18/h2-3,5-8,13-14,18,33H,4,9-12H2,1H3,(H,29,34)(H,30,31,32). The fourth-order valence-corrected chi connectivity index (χ4v) is 3.91. The van der Waals surface area contributed by atoms with Crippen molar-refractivity contribution in [1.29, 1.82) is 0 Å². The number of aliphatic hydroxyl groups excluding tert-OH is 1. The van der Waals surface area contributed by atoms with E-state index >= 15 is 0 Å². The summed E-state index contributed by atoms with van der Waals surface area (Å²) in [7, 11) is 1.40. The second kappa shape index (κ2) is 10.8. The number of anilines is 2. The van der Waals surface area contributed by atoms with E-state index in [9.17, 15) is 18.0 Å². The van der Waals surface area contributed by atoms with Gasteiger partial charge in [0, 0.05) is 37.8 Å². The number of aliphatic hydroxyl groups is 1. The van der Waals surface area contributed by atoms with E-state index in [-0.39, 0.29) is 24.2 Å². The second-order valence-corrected chi connectivity index (χ2v) is 8.20. The molecule has 1 aliphatic rings. The van der Waals surface area contributed by atoms with Crippen molar-refractivity contribution in [1.82, 2.24) is 15.3 Å². The molecule has 1 amide bonds. The van der Waals surface area contributed by atoms with Crippen molar-refractivity contribution in [3.8, 4) is 11.6 Å². The molecule has 36 heavy (non-hydrogen) atoms. The number of hydrogen-bond acceptors (Lipinski definition) is 7. The zero-order valence-electron chi connectivity index (χ0n) is 19.4. The molecule has 0 spiro atoms. The van der Waals surface area contributed by atoms with Gasteiger partial charge in [0.15, 0.2) is 0 Å². The van der Waals surface area contributed by atoms with E-state index < -0.39 is 23.7 Å². The summed E-state index contributed by atoms with van der Waals surface area (Å²) in [6, 6.07) is 12.2. The number of rotatable bonds is 9. The van der Waals surface area contributed by atoms with Crippen LogP contribution < -0.4 is 20.1 Å². The largest absolute Gasteiger partial charge is 0.495 e. The summed E-state index contributed by atoms with van der Waals surface area (Å²) in [5, 5.41) is 14.4. The van der Waals surface area contributed by atoms with Crippen LogP contribution in [-0.4, -0.2) is 47.3 Å². The van der Waals surface area contributed by atoms with Crippen LogP contribution in [0, 0.1) is 0 Å². The number of fused-ring (bicyclic) bond motifs is 1. The zero-order chi connectivity index (χ0) is 25.7. The molecule has 4 rings (SSSR count). The van der Waals surface area contributed by atoms with Gasteiger partial charge in [-0.05, 0) is 35.7 Å². The number of halogens is 3. The Hall–Kier alpha value is -3.86. The lowest BCUT2D eigenvalue weighted by Crippen LogP contribution is -2.25. The summed E-state index contributed by atoms with van der Waals surface area (Å²) in [6.07, 6.45) is -3.11. The molecule has 11 heteroatoms. The molecule has 0 bridgehead atoms. The Morgan fingerprint density at radius 3 is 2.53 bits per heavy atom. The molecule has 3 aromatic rings. The third-order valence-corrected chi connectivity index (χ3v) is 5.68. The highest BCUT2D eigenvalue weighted by Crippen LogP contribution is 2.37. The van der Waals surface area contributed by atoms with Gasteiger partial charge in [-0.1, -0.05) is 24.3 Å². The van der Waals surface area contributed by atoms with E-state index in [0.29, 0.717) is 43.3 Å².